The van der Waals surface area contributed by atoms with Crippen LogP contribution in [0.15, 0.2) is 75.9 Å². The molecule has 0 fully saturated rings. The monoisotopic (exact) mass is 473 g/mol. The van der Waals surface area contributed by atoms with Crippen LogP contribution in [0.5, 0.6) is 5.75 Å². The van der Waals surface area contributed by atoms with Crippen LogP contribution in [0, 0.1) is 0 Å². The van der Waals surface area contributed by atoms with Crippen molar-refractivity contribution in [2.24, 2.45) is 0 Å². The van der Waals surface area contributed by atoms with Crippen molar-refractivity contribution in [3.8, 4) is 5.75 Å². The van der Waals surface area contributed by atoms with Crippen LogP contribution in [0.4, 0.5) is 0 Å². The van der Waals surface area contributed by atoms with Crippen LogP contribution in [0.1, 0.15) is 45.8 Å². The molecule has 1 amide bonds. The van der Waals surface area contributed by atoms with Crippen molar-refractivity contribution in [1.29, 1.82) is 0 Å². The van der Waals surface area contributed by atoms with Crippen molar-refractivity contribution in [1.82, 2.24) is 4.90 Å². The molecule has 0 saturated carbocycles. The van der Waals surface area contributed by atoms with Gasteiger partial charge in [0.2, 0.25) is 5.76 Å². The smallest absolute Gasteiger partial charge is 0.290 e. The number of methoxy groups -OCH3 is 1. The lowest BCUT2D eigenvalue weighted by molar-refractivity contribution is 0.0730. The summed E-state index contributed by atoms with van der Waals surface area (Å²) >= 11 is 6.16. The number of hydrogen-bond donors (Lipinski definition) is 0. The topological polar surface area (TPSA) is 59.8 Å². The Morgan fingerprint density at radius 1 is 0.971 bits per heavy atom. The van der Waals surface area contributed by atoms with E-state index in [1.165, 1.54) is 5.56 Å². The fraction of sp³-hybridized carbons (Fsp3) is 0.214. The second-order valence-electron chi connectivity index (χ2n) is 8.41. The van der Waals surface area contributed by atoms with Gasteiger partial charge in [0.15, 0.2) is 5.43 Å². The molecule has 0 bridgehead atoms. The molecule has 5 nitrogen and oxygen atoms in total. The third-order valence-corrected chi connectivity index (χ3v) is 6.67. The zero-order valence-corrected chi connectivity index (χ0v) is 19.8. The van der Waals surface area contributed by atoms with Crippen molar-refractivity contribution < 1.29 is 13.9 Å². The van der Waals surface area contributed by atoms with Crippen LogP contribution in [0.3, 0.4) is 0 Å². The maximum Gasteiger partial charge on any atom is 0.290 e. The summed E-state index contributed by atoms with van der Waals surface area (Å²) in [5, 5.41) is 0.829. The quantitative estimate of drug-likeness (QED) is 0.355. The molecule has 0 saturated heterocycles. The molecule has 1 atom stereocenters. The number of amides is 1. The highest BCUT2D eigenvalue weighted by molar-refractivity contribution is 6.31. The van der Waals surface area contributed by atoms with Gasteiger partial charge < -0.3 is 14.1 Å². The molecule has 0 aliphatic carbocycles. The molecule has 0 N–H and O–H groups in total. The number of carbonyl (C=O) groups is 1. The van der Waals surface area contributed by atoms with Gasteiger partial charge in [-0.25, -0.2) is 0 Å². The minimum atomic E-state index is -0.522. The molecule has 1 aliphatic heterocycles. The van der Waals surface area contributed by atoms with Gasteiger partial charge in [0.1, 0.15) is 11.3 Å². The second kappa shape index (κ2) is 8.99. The summed E-state index contributed by atoms with van der Waals surface area (Å²) in [7, 11) is 1.63. The van der Waals surface area contributed by atoms with Crippen molar-refractivity contribution in [2.75, 3.05) is 13.7 Å². The number of aryl methyl sites for hydroxylation is 1. The van der Waals surface area contributed by atoms with Gasteiger partial charge in [0.05, 0.1) is 24.1 Å². The summed E-state index contributed by atoms with van der Waals surface area (Å²) in [5.74, 6) is 0.614. The molecule has 1 unspecified atom stereocenters. The van der Waals surface area contributed by atoms with Gasteiger partial charge in [-0.3, -0.25) is 9.59 Å². The van der Waals surface area contributed by atoms with Crippen molar-refractivity contribution in [3.63, 3.8) is 0 Å². The average Bonchev–Trinajstić information content (AvgIpc) is 3.15. The number of hydrogen-bond acceptors (Lipinski definition) is 4. The first kappa shape index (κ1) is 22.2. The van der Waals surface area contributed by atoms with E-state index in [0.29, 0.717) is 34.5 Å². The molecule has 1 aliphatic rings. The minimum absolute atomic E-state index is 0.110. The third-order valence-electron chi connectivity index (χ3n) is 6.43. The molecule has 34 heavy (non-hydrogen) atoms. The largest absolute Gasteiger partial charge is 0.497 e. The number of halogens is 1. The number of fused-ring (bicyclic) bond motifs is 2. The van der Waals surface area contributed by atoms with Gasteiger partial charge in [-0.1, -0.05) is 54.9 Å². The zero-order chi connectivity index (χ0) is 23.8. The summed E-state index contributed by atoms with van der Waals surface area (Å²) in [5.41, 5.74) is 3.66. The van der Waals surface area contributed by atoms with E-state index < -0.39 is 6.04 Å². The third kappa shape index (κ3) is 3.86. The van der Waals surface area contributed by atoms with Gasteiger partial charge in [-0.2, -0.15) is 0 Å². The lowest BCUT2D eigenvalue weighted by Crippen LogP contribution is -2.31. The van der Waals surface area contributed by atoms with E-state index in [4.69, 9.17) is 20.8 Å². The van der Waals surface area contributed by atoms with E-state index in [0.717, 1.165) is 23.3 Å². The lowest BCUT2D eigenvalue weighted by atomic mass is 9.97. The van der Waals surface area contributed by atoms with Gasteiger partial charge in [0, 0.05) is 11.6 Å². The van der Waals surface area contributed by atoms with Gasteiger partial charge in [-0.15, -0.1) is 0 Å². The minimum Gasteiger partial charge on any atom is -0.497 e. The van der Waals surface area contributed by atoms with E-state index in [-0.39, 0.29) is 17.1 Å². The molecule has 172 valence electrons. The maximum absolute atomic E-state index is 13.6. The number of benzene rings is 3. The Bertz CT molecular complexity index is 1420. The fourth-order valence-electron chi connectivity index (χ4n) is 4.55. The Kier molecular flexibility index (Phi) is 5.88. The molecule has 6 heteroatoms. The molecular formula is C28H24ClNO4. The van der Waals surface area contributed by atoms with Crippen LogP contribution in [-0.2, 0) is 12.8 Å². The van der Waals surface area contributed by atoms with Gasteiger partial charge >= 0.3 is 0 Å². The van der Waals surface area contributed by atoms with Crippen LogP contribution in [0.2, 0.25) is 5.02 Å². The Balaban J connectivity index is 1.59. The van der Waals surface area contributed by atoms with Crippen LogP contribution >= 0.6 is 11.6 Å². The number of nitrogens with zero attached hydrogens (tertiary/aromatic N) is 1. The summed E-state index contributed by atoms with van der Waals surface area (Å²) < 4.78 is 11.2. The molecule has 1 aromatic heterocycles. The maximum atomic E-state index is 13.6. The zero-order valence-electron chi connectivity index (χ0n) is 19.0. The number of carbonyl (C=O) groups excluding carboxylic acids is 1. The molecule has 4 aromatic rings. The summed E-state index contributed by atoms with van der Waals surface area (Å²) in [4.78, 5) is 28.9. The summed E-state index contributed by atoms with van der Waals surface area (Å²) in [6.45, 7) is 2.53. The lowest BCUT2D eigenvalue weighted by Gasteiger charge is -2.25. The van der Waals surface area contributed by atoms with Crippen LogP contribution in [0.25, 0.3) is 11.0 Å². The second-order valence-corrected chi connectivity index (χ2v) is 8.85. The first-order chi connectivity index (χ1) is 16.5. The van der Waals surface area contributed by atoms with Crippen molar-refractivity contribution in [3.05, 3.63) is 110 Å². The van der Waals surface area contributed by atoms with E-state index in [9.17, 15) is 9.59 Å². The Morgan fingerprint density at radius 3 is 2.35 bits per heavy atom. The first-order valence-corrected chi connectivity index (χ1v) is 11.7. The highest BCUT2D eigenvalue weighted by Crippen LogP contribution is 2.38. The van der Waals surface area contributed by atoms with E-state index in [1.54, 1.807) is 30.2 Å². The number of rotatable bonds is 6. The van der Waals surface area contributed by atoms with E-state index >= 15 is 0 Å². The van der Waals surface area contributed by atoms with E-state index in [2.05, 4.69) is 6.92 Å². The predicted molar refractivity (Wildman–Crippen MR) is 133 cm³/mol. The van der Waals surface area contributed by atoms with Gasteiger partial charge in [0.25, 0.3) is 5.91 Å². The Hall–Kier alpha value is -3.57. The van der Waals surface area contributed by atoms with Crippen LogP contribution < -0.4 is 10.2 Å². The first-order valence-electron chi connectivity index (χ1n) is 11.3. The SMILES string of the molecule is CCc1ccc(C2c3c(oc4ccc(Cl)cc4c3=O)C(=O)N2CCc2ccc(OC)cc2)cc1. The Labute approximate surface area is 202 Å². The molecule has 0 spiro atoms. The molecule has 5 rings (SSSR count). The average molecular weight is 474 g/mol. The highest BCUT2D eigenvalue weighted by Gasteiger charge is 2.42. The molecule has 2 heterocycles. The fourth-order valence-corrected chi connectivity index (χ4v) is 4.72. The van der Waals surface area contributed by atoms with Crippen molar-refractivity contribution >= 4 is 28.5 Å². The normalized spacial score (nSPS) is 15.1. The van der Waals surface area contributed by atoms with Crippen LogP contribution in [-0.4, -0.2) is 24.5 Å². The Morgan fingerprint density at radius 2 is 1.68 bits per heavy atom. The molecule has 0 radical (unpaired) electrons. The molecular weight excluding hydrogens is 450 g/mol. The molecule has 3 aromatic carbocycles. The van der Waals surface area contributed by atoms with Crippen molar-refractivity contribution in [2.45, 2.75) is 25.8 Å². The summed E-state index contributed by atoms with van der Waals surface area (Å²) in [6, 6.07) is 20.2. The standard InChI is InChI=1S/C28H24ClNO4/c1-3-17-4-8-19(9-5-17)25-24-26(31)22-16-20(29)10-13-23(22)34-27(24)28(32)30(25)15-14-18-6-11-21(33-2)12-7-18/h4-13,16,25H,3,14-15H2,1-2H3. The highest BCUT2D eigenvalue weighted by atomic mass is 35.5. The summed E-state index contributed by atoms with van der Waals surface area (Å²) in [6.07, 6.45) is 1.54. The number of ether oxygens (including phenoxy) is 1. The van der Waals surface area contributed by atoms with E-state index in [1.807, 2.05) is 48.5 Å². The predicted octanol–water partition coefficient (Wildman–Crippen LogP) is 5.81. The van der Waals surface area contributed by atoms with Gasteiger partial charge in [-0.05, 0) is 59.9 Å².